The van der Waals surface area contributed by atoms with E-state index < -0.39 is 11.8 Å². The maximum atomic E-state index is 12.0. The third-order valence-corrected chi connectivity index (χ3v) is 3.34. The molecule has 3 amide bonds. The highest BCUT2D eigenvalue weighted by Gasteiger charge is 2.10. The minimum atomic E-state index is -0.526. The van der Waals surface area contributed by atoms with Crippen LogP contribution in [-0.2, 0) is 4.79 Å². The van der Waals surface area contributed by atoms with E-state index >= 15 is 0 Å². The summed E-state index contributed by atoms with van der Waals surface area (Å²) in [6.45, 7) is 3.63. The zero-order valence-corrected chi connectivity index (χ0v) is 12.9. The van der Waals surface area contributed by atoms with Gasteiger partial charge >= 0.3 is 0 Å². The lowest BCUT2D eigenvalue weighted by atomic mass is 10.1. The number of aromatic amines is 1. The minimum absolute atomic E-state index is 0.239. The Morgan fingerprint density at radius 1 is 1.00 bits per heavy atom. The molecular weight excluding hydrogens is 296 g/mol. The summed E-state index contributed by atoms with van der Waals surface area (Å²) in [7, 11) is 0. The first kappa shape index (κ1) is 16.3. The lowest BCUT2D eigenvalue weighted by Gasteiger charge is -2.08. The van der Waals surface area contributed by atoms with Gasteiger partial charge in [0.1, 0.15) is 5.69 Å². The molecule has 0 aliphatic rings. The topological polar surface area (TPSA) is 103 Å². The number of nitrogens with one attached hydrogen (secondary N) is 4. The van der Waals surface area contributed by atoms with Crippen molar-refractivity contribution in [2.24, 2.45) is 0 Å². The molecule has 1 aromatic carbocycles. The molecule has 0 aliphatic heterocycles. The van der Waals surface area contributed by atoms with Crippen LogP contribution >= 0.6 is 0 Å². The number of carbonyl (C=O) groups is 3. The highest BCUT2D eigenvalue weighted by atomic mass is 16.2. The van der Waals surface area contributed by atoms with Crippen LogP contribution in [0.2, 0.25) is 0 Å². The Morgan fingerprint density at radius 2 is 1.78 bits per heavy atom. The summed E-state index contributed by atoms with van der Waals surface area (Å²) < 4.78 is 0. The first-order valence-electron chi connectivity index (χ1n) is 7.05. The molecule has 0 saturated heterocycles. The fraction of sp³-hybridized carbons (Fsp3) is 0.188. The second-order valence-electron chi connectivity index (χ2n) is 5.07. The lowest BCUT2D eigenvalue weighted by molar-refractivity contribution is -0.120. The summed E-state index contributed by atoms with van der Waals surface area (Å²) in [6.07, 6.45) is 1.60. The molecule has 23 heavy (non-hydrogen) atoms. The Labute approximate surface area is 133 Å². The van der Waals surface area contributed by atoms with Crippen LogP contribution in [0, 0.1) is 13.8 Å². The molecule has 0 radical (unpaired) electrons. The predicted octanol–water partition coefficient (Wildman–Crippen LogP) is 0.823. The maximum absolute atomic E-state index is 12.0. The van der Waals surface area contributed by atoms with Crippen LogP contribution < -0.4 is 16.2 Å². The van der Waals surface area contributed by atoms with E-state index in [2.05, 4.69) is 21.2 Å². The number of aromatic nitrogens is 1. The standard InChI is InChI=1S/C16H18N4O3/c1-10-5-6-12(8-11(10)2)15(22)18-9-14(21)19-20-16(23)13-4-3-7-17-13/h3-8,17H,9H2,1-2H3,(H,18,22)(H,19,21)(H,20,23). The molecule has 0 aliphatic carbocycles. The summed E-state index contributed by atoms with van der Waals surface area (Å²) in [4.78, 5) is 37.9. The third kappa shape index (κ3) is 4.44. The van der Waals surface area contributed by atoms with Crippen LogP contribution in [-0.4, -0.2) is 29.3 Å². The van der Waals surface area contributed by atoms with E-state index in [9.17, 15) is 14.4 Å². The molecule has 0 atom stereocenters. The first-order valence-corrected chi connectivity index (χ1v) is 7.05. The molecule has 7 heteroatoms. The van der Waals surface area contributed by atoms with Crippen molar-refractivity contribution in [2.45, 2.75) is 13.8 Å². The molecule has 2 aromatic rings. The first-order chi connectivity index (χ1) is 11.0. The van der Waals surface area contributed by atoms with Gasteiger partial charge in [0.25, 0.3) is 17.7 Å². The molecule has 120 valence electrons. The van der Waals surface area contributed by atoms with Crippen molar-refractivity contribution >= 4 is 17.7 Å². The predicted molar refractivity (Wildman–Crippen MR) is 84.7 cm³/mol. The molecule has 0 spiro atoms. The number of carbonyl (C=O) groups excluding carboxylic acids is 3. The van der Waals surface area contributed by atoms with E-state index in [0.29, 0.717) is 11.3 Å². The third-order valence-electron chi connectivity index (χ3n) is 3.34. The Kier molecular flexibility index (Phi) is 5.14. The van der Waals surface area contributed by atoms with Crippen molar-refractivity contribution in [3.8, 4) is 0 Å². The summed E-state index contributed by atoms with van der Waals surface area (Å²) in [5.41, 5.74) is 7.36. The van der Waals surface area contributed by atoms with E-state index in [1.165, 1.54) is 0 Å². The zero-order chi connectivity index (χ0) is 16.8. The summed E-state index contributed by atoms with van der Waals surface area (Å²) in [5, 5.41) is 2.49. The van der Waals surface area contributed by atoms with Crippen molar-refractivity contribution in [1.29, 1.82) is 0 Å². The number of H-pyrrole nitrogens is 1. The number of benzene rings is 1. The largest absolute Gasteiger partial charge is 0.357 e. The molecule has 0 fully saturated rings. The number of aryl methyl sites for hydroxylation is 2. The van der Waals surface area contributed by atoms with Crippen molar-refractivity contribution in [2.75, 3.05) is 6.54 Å². The number of amides is 3. The summed E-state index contributed by atoms with van der Waals surface area (Å²) in [6, 6.07) is 8.54. The SMILES string of the molecule is Cc1ccc(C(=O)NCC(=O)NNC(=O)c2ccc[nH]2)cc1C. The van der Waals surface area contributed by atoms with Gasteiger partial charge in [0, 0.05) is 11.8 Å². The highest BCUT2D eigenvalue weighted by molar-refractivity contribution is 5.97. The quantitative estimate of drug-likeness (QED) is 0.628. The number of hydrogen-bond donors (Lipinski definition) is 4. The molecule has 4 N–H and O–H groups in total. The molecule has 1 heterocycles. The summed E-state index contributed by atoms with van der Waals surface area (Å²) in [5.74, 6) is -1.34. The minimum Gasteiger partial charge on any atom is -0.357 e. The average molecular weight is 314 g/mol. The molecule has 1 aromatic heterocycles. The monoisotopic (exact) mass is 314 g/mol. The van der Waals surface area contributed by atoms with Crippen LogP contribution in [0.25, 0.3) is 0 Å². The average Bonchev–Trinajstić information content (AvgIpc) is 3.07. The van der Waals surface area contributed by atoms with Crippen LogP contribution in [0.15, 0.2) is 36.5 Å². The normalized spacial score (nSPS) is 10.0. The van der Waals surface area contributed by atoms with Crippen LogP contribution in [0.4, 0.5) is 0 Å². The fourth-order valence-corrected chi connectivity index (χ4v) is 1.85. The fourth-order valence-electron chi connectivity index (χ4n) is 1.85. The van der Waals surface area contributed by atoms with Gasteiger partial charge in [-0.15, -0.1) is 0 Å². The lowest BCUT2D eigenvalue weighted by Crippen LogP contribution is -2.46. The number of hydrogen-bond acceptors (Lipinski definition) is 3. The Hall–Kier alpha value is -3.09. The molecule has 0 saturated carbocycles. The molecule has 7 nitrogen and oxygen atoms in total. The summed E-state index contributed by atoms with van der Waals surface area (Å²) >= 11 is 0. The second kappa shape index (κ2) is 7.26. The number of rotatable bonds is 4. The number of hydrazine groups is 1. The Bertz CT molecular complexity index is 723. The highest BCUT2D eigenvalue weighted by Crippen LogP contribution is 2.09. The van der Waals surface area contributed by atoms with Crippen molar-refractivity contribution < 1.29 is 14.4 Å². The van der Waals surface area contributed by atoms with Crippen molar-refractivity contribution in [3.05, 3.63) is 58.9 Å². The molecule has 0 bridgehead atoms. The Balaban J connectivity index is 1.78. The van der Waals surface area contributed by atoms with E-state index in [1.54, 1.807) is 30.5 Å². The van der Waals surface area contributed by atoms with Gasteiger partial charge in [-0.1, -0.05) is 6.07 Å². The van der Waals surface area contributed by atoms with Crippen LogP contribution in [0.5, 0.6) is 0 Å². The van der Waals surface area contributed by atoms with Gasteiger partial charge in [-0.25, -0.2) is 0 Å². The van der Waals surface area contributed by atoms with Gasteiger partial charge in [0.15, 0.2) is 0 Å². The van der Waals surface area contributed by atoms with Crippen LogP contribution in [0.1, 0.15) is 32.0 Å². The second-order valence-corrected chi connectivity index (χ2v) is 5.07. The van der Waals surface area contributed by atoms with Crippen LogP contribution in [0.3, 0.4) is 0 Å². The van der Waals surface area contributed by atoms with Gasteiger partial charge in [-0.05, 0) is 49.2 Å². The van der Waals surface area contributed by atoms with Crippen molar-refractivity contribution in [1.82, 2.24) is 21.2 Å². The molecule has 0 unspecified atom stereocenters. The van der Waals surface area contributed by atoms with Gasteiger partial charge in [-0.3, -0.25) is 25.2 Å². The van der Waals surface area contributed by atoms with E-state index in [1.807, 2.05) is 19.9 Å². The smallest absolute Gasteiger partial charge is 0.286 e. The van der Waals surface area contributed by atoms with Gasteiger partial charge in [-0.2, -0.15) is 0 Å². The maximum Gasteiger partial charge on any atom is 0.286 e. The molecular formula is C16H18N4O3. The van der Waals surface area contributed by atoms with E-state index in [-0.39, 0.29) is 12.5 Å². The van der Waals surface area contributed by atoms with Crippen molar-refractivity contribution in [3.63, 3.8) is 0 Å². The Morgan fingerprint density at radius 3 is 2.43 bits per heavy atom. The van der Waals surface area contributed by atoms with Gasteiger partial charge in [0.2, 0.25) is 0 Å². The van der Waals surface area contributed by atoms with E-state index in [4.69, 9.17) is 0 Å². The zero-order valence-electron chi connectivity index (χ0n) is 12.9. The van der Waals surface area contributed by atoms with Gasteiger partial charge in [0.05, 0.1) is 6.54 Å². The van der Waals surface area contributed by atoms with Gasteiger partial charge < -0.3 is 10.3 Å². The molecule has 2 rings (SSSR count). The van der Waals surface area contributed by atoms with E-state index in [0.717, 1.165) is 11.1 Å².